The summed E-state index contributed by atoms with van der Waals surface area (Å²) in [5.74, 6) is -2.91. The Kier molecular flexibility index (Phi) is 6.99. The predicted molar refractivity (Wildman–Crippen MR) is 81.5 cm³/mol. The average molecular weight is 342 g/mol. The van der Waals surface area contributed by atoms with Gasteiger partial charge in [-0.3, -0.25) is 4.79 Å². The molecule has 1 saturated carbocycles. The molecule has 1 aliphatic carbocycles. The Hall–Kier alpha value is -2.32. The van der Waals surface area contributed by atoms with Gasteiger partial charge in [-0.2, -0.15) is 0 Å². The van der Waals surface area contributed by atoms with Gasteiger partial charge in [-0.15, -0.1) is 0 Å². The molecule has 3 atom stereocenters. The van der Waals surface area contributed by atoms with Gasteiger partial charge in [0, 0.05) is 23.9 Å². The molecule has 0 radical (unpaired) electrons. The van der Waals surface area contributed by atoms with Gasteiger partial charge in [-0.25, -0.2) is 9.59 Å². The maximum Gasteiger partial charge on any atom is 0.344 e. The summed E-state index contributed by atoms with van der Waals surface area (Å²) in [6.45, 7) is 3.08. The summed E-state index contributed by atoms with van der Waals surface area (Å²) in [4.78, 5) is 40.4. The number of aliphatic hydroxyl groups is 1. The predicted octanol–water partition coefficient (Wildman–Crippen LogP) is 0.389. The number of azide groups is 1. The molecule has 134 valence electrons. The Balaban J connectivity index is 3.53. The molecule has 10 nitrogen and oxygen atoms in total. The van der Waals surface area contributed by atoms with Crippen LogP contribution in [0.5, 0.6) is 0 Å². The highest BCUT2D eigenvalue weighted by Crippen LogP contribution is 2.41. The molecule has 24 heavy (non-hydrogen) atoms. The fraction of sp³-hybridized carbons (Fsp3) is 0.786. The summed E-state index contributed by atoms with van der Waals surface area (Å²) in [6.07, 6.45) is -0.513. The van der Waals surface area contributed by atoms with Crippen LogP contribution in [0.3, 0.4) is 0 Å². The molecule has 1 amide bonds. The third-order valence-corrected chi connectivity index (χ3v) is 4.13. The smallest absolute Gasteiger partial charge is 0.344 e. The van der Waals surface area contributed by atoms with E-state index in [0.29, 0.717) is 6.41 Å². The topological polar surface area (TPSA) is 142 Å². The Morgan fingerprint density at radius 3 is 2.29 bits per heavy atom. The molecular weight excluding hydrogens is 320 g/mol. The van der Waals surface area contributed by atoms with Crippen LogP contribution >= 0.6 is 0 Å². The minimum absolute atomic E-state index is 0.0144. The van der Waals surface area contributed by atoms with E-state index in [1.807, 2.05) is 0 Å². The molecule has 0 aromatic carbocycles. The van der Waals surface area contributed by atoms with Crippen LogP contribution in [0.15, 0.2) is 5.11 Å². The molecule has 0 saturated heterocycles. The number of likely N-dealkylation sites (N-methyl/N-ethyl adjacent to an activating group) is 1. The van der Waals surface area contributed by atoms with Crippen LogP contribution in [0.4, 0.5) is 0 Å². The lowest BCUT2D eigenvalue weighted by Crippen LogP contribution is -2.65. The van der Waals surface area contributed by atoms with Crippen LogP contribution in [-0.4, -0.2) is 66.3 Å². The maximum absolute atomic E-state index is 12.7. The highest BCUT2D eigenvalue weighted by Gasteiger charge is 2.62. The van der Waals surface area contributed by atoms with E-state index in [2.05, 4.69) is 10.0 Å². The monoisotopic (exact) mass is 342 g/mol. The van der Waals surface area contributed by atoms with Crippen LogP contribution in [-0.2, 0) is 23.9 Å². The fourth-order valence-corrected chi connectivity index (χ4v) is 3.13. The largest absolute Gasteiger partial charge is 0.464 e. The summed E-state index contributed by atoms with van der Waals surface area (Å²) in [5, 5.41) is 13.5. The van der Waals surface area contributed by atoms with Crippen molar-refractivity contribution in [3.8, 4) is 0 Å². The summed E-state index contributed by atoms with van der Waals surface area (Å²) >= 11 is 0. The van der Waals surface area contributed by atoms with E-state index >= 15 is 0 Å². The van der Waals surface area contributed by atoms with Gasteiger partial charge in [-0.05, 0) is 32.2 Å². The Morgan fingerprint density at radius 2 is 1.88 bits per heavy atom. The number of carbonyl (C=O) groups is 3. The number of hydrogen-bond acceptors (Lipinski definition) is 7. The third kappa shape index (κ3) is 3.44. The average Bonchev–Trinajstić information content (AvgIpc) is 2.89. The molecule has 10 heteroatoms. The second kappa shape index (κ2) is 8.51. The fourth-order valence-electron chi connectivity index (χ4n) is 3.13. The van der Waals surface area contributed by atoms with Crippen molar-refractivity contribution >= 4 is 18.3 Å². The van der Waals surface area contributed by atoms with E-state index in [-0.39, 0.29) is 26.1 Å². The van der Waals surface area contributed by atoms with Crippen molar-refractivity contribution in [1.29, 1.82) is 0 Å². The van der Waals surface area contributed by atoms with E-state index in [9.17, 15) is 19.5 Å². The van der Waals surface area contributed by atoms with Crippen LogP contribution < -0.4 is 0 Å². The van der Waals surface area contributed by atoms with Crippen LogP contribution in [0.1, 0.15) is 26.7 Å². The molecule has 0 aromatic heterocycles. The molecular formula is C14H22N4O6. The van der Waals surface area contributed by atoms with Crippen molar-refractivity contribution in [3.05, 3.63) is 10.4 Å². The lowest BCUT2D eigenvalue weighted by molar-refractivity contribution is -0.181. The van der Waals surface area contributed by atoms with Crippen molar-refractivity contribution in [2.24, 2.45) is 11.0 Å². The number of nitrogens with zero attached hydrogens (tertiary/aromatic N) is 4. The zero-order valence-corrected chi connectivity index (χ0v) is 13.9. The number of esters is 2. The van der Waals surface area contributed by atoms with Crippen LogP contribution in [0.2, 0.25) is 0 Å². The lowest BCUT2D eigenvalue weighted by Gasteiger charge is -2.40. The molecule has 1 aliphatic rings. The van der Waals surface area contributed by atoms with Gasteiger partial charge in [0.25, 0.3) is 0 Å². The maximum atomic E-state index is 12.7. The zero-order valence-electron chi connectivity index (χ0n) is 13.9. The summed E-state index contributed by atoms with van der Waals surface area (Å²) in [5.41, 5.74) is 6.62. The molecule has 0 heterocycles. The van der Waals surface area contributed by atoms with E-state index in [1.165, 1.54) is 7.05 Å². The number of rotatable bonds is 8. The van der Waals surface area contributed by atoms with Gasteiger partial charge in [-0.1, -0.05) is 5.11 Å². The quantitative estimate of drug-likeness (QED) is 0.169. The van der Waals surface area contributed by atoms with Crippen molar-refractivity contribution in [2.75, 3.05) is 20.3 Å². The molecule has 1 rings (SSSR count). The number of carbonyl (C=O) groups excluding carboxylic acids is 3. The van der Waals surface area contributed by atoms with Gasteiger partial charge < -0.3 is 19.5 Å². The normalized spacial score (nSPS) is 23.1. The lowest BCUT2D eigenvalue weighted by atomic mass is 9.79. The first-order valence-corrected chi connectivity index (χ1v) is 7.64. The molecule has 0 aliphatic heterocycles. The third-order valence-electron chi connectivity index (χ3n) is 4.13. The van der Waals surface area contributed by atoms with Gasteiger partial charge in [0.2, 0.25) is 11.9 Å². The first-order chi connectivity index (χ1) is 11.4. The highest BCUT2D eigenvalue weighted by molar-refractivity contribution is 6.07. The number of ether oxygens (including phenoxy) is 2. The van der Waals surface area contributed by atoms with E-state index in [4.69, 9.17) is 15.0 Å². The van der Waals surface area contributed by atoms with Crippen molar-refractivity contribution in [3.63, 3.8) is 0 Å². The molecule has 0 spiro atoms. The van der Waals surface area contributed by atoms with E-state index in [1.54, 1.807) is 13.8 Å². The van der Waals surface area contributed by atoms with Gasteiger partial charge in [0.05, 0.1) is 19.3 Å². The summed E-state index contributed by atoms with van der Waals surface area (Å²) < 4.78 is 10.0. The van der Waals surface area contributed by atoms with Gasteiger partial charge in [0.15, 0.2) is 0 Å². The number of amides is 1. The molecule has 0 aromatic rings. The standard InChI is InChI=1S/C14H22N4O6/c1-4-23-12(21)14(18(3)8-19,13(22)24-5-2)10-6-9(20)7-11(10)16-17-15/h8-11,20H,4-7H2,1-3H3/t9?,10-,11-/m1/s1. The molecule has 1 fully saturated rings. The minimum Gasteiger partial charge on any atom is -0.464 e. The molecule has 1 unspecified atom stereocenters. The number of hydrogen-bond donors (Lipinski definition) is 1. The summed E-state index contributed by atoms with van der Waals surface area (Å²) in [7, 11) is 1.25. The van der Waals surface area contributed by atoms with Crippen molar-refractivity contribution in [2.45, 2.75) is 44.4 Å². The molecule has 0 bridgehead atoms. The Bertz CT molecular complexity index is 515. The zero-order chi connectivity index (χ0) is 18.3. The van der Waals surface area contributed by atoms with Crippen molar-refractivity contribution in [1.82, 2.24) is 4.90 Å². The highest BCUT2D eigenvalue weighted by atomic mass is 16.6. The van der Waals surface area contributed by atoms with Gasteiger partial charge >= 0.3 is 11.9 Å². The van der Waals surface area contributed by atoms with Crippen LogP contribution in [0, 0.1) is 5.92 Å². The van der Waals surface area contributed by atoms with E-state index in [0.717, 1.165) is 4.90 Å². The first-order valence-electron chi connectivity index (χ1n) is 7.64. The minimum atomic E-state index is -2.12. The Morgan fingerprint density at radius 1 is 1.33 bits per heavy atom. The van der Waals surface area contributed by atoms with Gasteiger partial charge in [0.1, 0.15) is 0 Å². The number of aliphatic hydroxyl groups excluding tert-OH is 1. The Labute approximate surface area is 139 Å². The second-order valence-corrected chi connectivity index (χ2v) is 5.43. The first kappa shape index (κ1) is 19.7. The van der Waals surface area contributed by atoms with E-state index < -0.39 is 35.5 Å². The van der Waals surface area contributed by atoms with Crippen LogP contribution in [0.25, 0.3) is 10.4 Å². The SMILES string of the molecule is CCOC(=O)C(C(=O)OCC)([C@@H]1CC(O)C[C@H]1N=[N+]=[N-])N(C)C=O. The molecule has 1 N–H and O–H groups in total. The second-order valence-electron chi connectivity index (χ2n) is 5.43. The summed E-state index contributed by atoms with van der Waals surface area (Å²) in [6, 6.07) is -0.860. The van der Waals surface area contributed by atoms with Crippen molar-refractivity contribution < 1.29 is 29.0 Å².